The molecule has 4 rings (SSSR count). The Hall–Kier alpha value is -1.96. The highest BCUT2D eigenvalue weighted by molar-refractivity contribution is 7.22. The van der Waals surface area contributed by atoms with Crippen LogP contribution in [0, 0.1) is 0 Å². The molecule has 1 aromatic carbocycles. The van der Waals surface area contributed by atoms with E-state index < -0.39 is 0 Å². The molecule has 0 saturated carbocycles. The van der Waals surface area contributed by atoms with Gasteiger partial charge in [0.2, 0.25) is 0 Å². The summed E-state index contributed by atoms with van der Waals surface area (Å²) in [5.41, 5.74) is 0.717. The number of aromatic nitrogens is 3. The molecule has 0 bridgehead atoms. The summed E-state index contributed by atoms with van der Waals surface area (Å²) in [5.74, 6) is 0.196. The first-order valence-electron chi connectivity index (χ1n) is 8.09. The molecule has 8 heteroatoms. The molecule has 2 aromatic heterocycles. The van der Waals surface area contributed by atoms with Gasteiger partial charge in [-0.1, -0.05) is 29.0 Å². The van der Waals surface area contributed by atoms with E-state index in [1.807, 2.05) is 12.1 Å². The fourth-order valence-corrected chi connectivity index (χ4v) is 4.22. The molecule has 25 heavy (non-hydrogen) atoms. The number of hydrogen-bond acceptors (Lipinski definition) is 5. The number of nitrogens with zero attached hydrogens (tertiary/aromatic N) is 4. The Bertz CT molecular complexity index is 916. The molecule has 6 nitrogen and oxygen atoms in total. The molecule has 130 valence electrons. The quantitative estimate of drug-likeness (QED) is 0.699. The lowest BCUT2D eigenvalue weighted by molar-refractivity contribution is 0.0906. The summed E-state index contributed by atoms with van der Waals surface area (Å²) in [5, 5.41) is 1.20. The Kier molecular flexibility index (Phi) is 4.45. The number of rotatable bonds is 4. The van der Waals surface area contributed by atoms with Crippen LogP contribution in [-0.2, 0) is 11.8 Å². The van der Waals surface area contributed by atoms with Crippen molar-refractivity contribution >= 4 is 44.2 Å². The summed E-state index contributed by atoms with van der Waals surface area (Å²) in [7, 11) is 1.81. The van der Waals surface area contributed by atoms with Gasteiger partial charge < -0.3 is 9.30 Å². The van der Waals surface area contributed by atoms with Crippen molar-refractivity contribution in [1.29, 1.82) is 0 Å². The Morgan fingerprint density at radius 1 is 1.52 bits per heavy atom. The van der Waals surface area contributed by atoms with Crippen molar-refractivity contribution in [2.75, 3.05) is 18.1 Å². The summed E-state index contributed by atoms with van der Waals surface area (Å²) < 4.78 is 8.39. The number of benzene rings is 1. The summed E-state index contributed by atoms with van der Waals surface area (Å²) in [4.78, 5) is 23.6. The Balaban J connectivity index is 1.74. The zero-order chi connectivity index (χ0) is 17.4. The zero-order valence-electron chi connectivity index (χ0n) is 13.7. The fourth-order valence-electron chi connectivity index (χ4n) is 2.95. The van der Waals surface area contributed by atoms with Crippen LogP contribution in [0.4, 0.5) is 5.13 Å². The first-order chi connectivity index (χ1) is 12.1. The second kappa shape index (κ2) is 6.74. The van der Waals surface area contributed by atoms with Gasteiger partial charge in [-0.15, -0.1) is 0 Å². The van der Waals surface area contributed by atoms with Gasteiger partial charge in [-0.2, -0.15) is 0 Å². The SMILES string of the molecule is Cn1ccnc1C(=O)N(CC1CCCO1)c1nc2c(Cl)cccc2s1. The van der Waals surface area contributed by atoms with Gasteiger partial charge in [0.25, 0.3) is 5.91 Å². The number of halogens is 1. The molecular formula is C17H17ClN4O2S. The predicted octanol–water partition coefficient (Wildman–Crippen LogP) is 3.51. The second-order valence-corrected chi connectivity index (χ2v) is 7.41. The lowest BCUT2D eigenvalue weighted by atomic mass is 10.2. The molecule has 1 unspecified atom stereocenters. The molecule has 0 aliphatic carbocycles. The average molecular weight is 377 g/mol. The summed E-state index contributed by atoms with van der Waals surface area (Å²) in [6, 6.07) is 5.65. The largest absolute Gasteiger partial charge is 0.376 e. The van der Waals surface area contributed by atoms with Gasteiger partial charge in [0.1, 0.15) is 5.52 Å². The molecule has 1 aliphatic heterocycles. The number of para-hydroxylation sites is 1. The third-order valence-corrected chi connectivity index (χ3v) is 5.61. The molecular weight excluding hydrogens is 360 g/mol. The molecule has 0 N–H and O–H groups in total. The number of hydrogen-bond donors (Lipinski definition) is 0. The van der Waals surface area contributed by atoms with Crippen molar-refractivity contribution in [3.05, 3.63) is 41.4 Å². The van der Waals surface area contributed by atoms with Crippen LogP contribution in [0.2, 0.25) is 5.02 Å². The van der Waals surface area contributed by atoms with Crippen LogP contribution in [0.25, 0.3) is 10.2 Å². The number of carbonyl (C=O) groups is 1. The van der Waals surface area contributed by atoms with Crippen molar-refractivity contribution in [3.63, 3.8) is 0 Å². The lowest BCUT2D eigenvalue weighted by Crippen LogP contribution is -2.38. The van der Waals surface area contributed by atoms with E-state index in [1.54, 1.807) is 35.0 Å². The standard InChI is InChI=1S/C17H17ClN4O2S/c1-21-8-7-19-15(21)16(23)22(10-11-4-3-9-24-11)17-20-14-12(18)5-2-6-13(14)25-17/h2,5-8,11H,3-4,9-10H2,1H3. The van der Waals surface area contributed by atoms with Gasteiger partial charge in [-0.25, -0.2) is 9.97 Å². The molecule has 3 aromatic rings. The van der Waals surface area contributed by atoms with Crippen LogP contribution >= 0.6 is 22.9 Å². The van der Waals surface area contributed by atoms with E-state index >= 15 is 0 Å². The Labute approximate surface area is 154 Å². The van der Waals surface area contributed by atoms with Gasteiger partial charge >= 0.3 is 0 Å². The number of fused-ring (bicyclic) bond motifs is 1. The summed E-state index contributed by atoms with van der Waals surface area (Å²) in [6.07, 6.45) is 5.35. The topological polar surface area (TPSA) is 60.2 Å². The third-order valence-electron chi connectivity index (χ3n) is 4.26. The minimum absolute atomic E-state index is 0.0201. The van der Waals surface area contributed by atoms with E-state index in [-0.39, 0.29) is 12.0 Å². The number of amides is 1. The van der Waals surface area contributed by atoms with E-state index in [0.717, 1.165) is 24.1 Å². The summed E-state index contributed by atoms with van der Waals surface area (Å²) in [6.45, 7) is 1.20. The normalized spacial score (nSPS) is 17.3. The van der Waals surface area contributed by atoms with E-state index in [2.05, 4.69) is 9.97 Å². The van der Waals surface area contributed by atoms with Crippen molar-refractivity contribution in [1.82, 2.24) is 14.5 Å². The minimum Gasteiger partial charge on any atom is -0.376 e. The summed E-state index contributed by atoms with van der Waals surface area (Å²) >= 11 is 7.70. The van der Waals surface area contributed by atoms with Crippen LogP contribution in [-0.4, -0.2) is 39.7 Å². The monoisotopic (exact) mass is 376 g/mol. The van der Waals surface area contributed by atoms with E-state index in [1.165, 1.54) is 11.3 Å². The van der Waals surface area contributed by atoms with Crippen LogP contribution in [0.3, 0.4) is 0 Å². The first kappa shape index (κ1) is 16.5. The molecule has 1 fully saturated rings. The zero-order valence-corrected chi connectivity index (χ0v) is 15.3. The third kappa shape index (κ3) is 3.15. The Morgan fingerprint density at radius 3 is 3.08 bits per heavy atom. The molecule has 1 amide bonds. The molecule has 0 spiro atoms. The van der Waals surface area contributed by atoms with Crippen molar-refractivity contribution in [2.45, 2.75) is 18.9 Å². The number of carbonyl (C=O) groups excluding carboxylic acids is 1. The number of thiazole rings is 1. The number of ether oxygens (including phenoxy) is 1. The van der Waals surface area contributed by atoms with Crippen molar-refractivity contribution in [2.24, 2.45) is 7.05 Å². The van der Waals surface area contributed by atoms with Crippen LogP contribution < -0.4 is 4.90 Å². The smallest absolute Gasteiger partial charge is 0.296 e. The molecule has 0 radical (unpaired) electrons. The van der Waals surface area contributed by atoms with E-state index in [4.69, 9.17) is 16.3 Å². The van der Waals surface area contributed by atoms with Crippen LogP contribution in [0.15, 0.2) is 30.6 Å². The number of imidazole rings is 1. The van der Waals surface area contributed by atoms with Crippen LogP contribution in [0.5, 0.6) is 0 Å². The van der Waals surface area contributed by atoms with Crippen molar-refractivity contribution < 1.29 is 9.53 Å². The van der Waals surface area contributed by atoms with Gasteiger partial charge in [0.05, 0.1) is 22.4 Å². The maximum absolute atomic E-state index is 13.1. The first-order valence-corrected chi connectivity index (χ1v) is 9.29. The van der Waals surface area contributed by atoms with Gasteiger partial charge in [-0.05, 0) is 25.0 Å². The lowest BCUT2D eigenvalue weighted by Gasteiger charge is -2.22. The molecule has 1 saturated heterocycles. The van der Waals surface area contributed by atoms with Crippen molar-refractivity contribution in [3.8, 4) is 0 Å². The second-order valence-electron chi connectivity index (χ2n) is 6.00. The molecule has 1 aliphatic rings. The maximum atomic E-state index is 13.1. The highest BCUT2D eigenvalue weighted by Gasteiger charge is 2.29. The van der Waals surface area contributed by atoms with Gasteiger partial charge in [0.15, 0.2) is 11.0 Å². The van der Waals surface area contributed by atoms with Gasteiger partial charge in [0, 0.05) is 26.0 Å². The Morgan fingerprint density at radius 2 is 2.40 bits per heavy atom. The average Bonchev–Trinajstić information content (AvgIpc) is 3.32. The number of aryl methyl sites for hydroxylation is 1. The van der Waals surface area contributed by atoms with E-state index in [0.29, 0.717) is 28.0 Å². The van der Waals surface area contributed by atoms with E-state index in [9.17, 15) is 4.79 Å². The van der Waals surface area contributed by atoms with Crippen LogP contribution in [0.1, 0.15) is 23.5 Å². The maximum Gasteiger partial charge on any atom is 0.296 e. The predicted molar refractivity (Wildman–Crippen MR) is 98.5 cm³/mol. The highest BCUT2D eigenvalue weighted by atomic mass is 35.5. The fraction of sp³-hybridized carbons (Fsp3) is 0.353. The highest BCUT2D eigenvalue weighted by Crippen LogP contribution is 2.34. The van der Waals surface area contributed by atoms with Gasteiger partial charge in [-0.3, -0.25) is 9.69 Å². The molecule has 1 atom stereocenters. The molecule has 3 heterocycles. The number of anilines is 1. The minimum atomic E-state index is -0.182.